The van der Waals surface area contributed by atoms with Crippen LogP contribution in [0.2, 0.25) is 0 Å². The number of anilines is 3. The Labute approximate surface area is 256 Å². The zero-order chi connectivity index (χ0) is 29.0. The minimum Gasteiger partial charge on any atom is -0.295 e. The molecule has 1 aliphatic heterocycles. The van der Waals surface area contributed by atoms with Gasteiger partial charge < -0.3 is 0 Å². The van der Waals surface area contributed by atoms with Gasteiger partial charge in [0.25, 0.3) is 0 Å². The Morgan fingerprint density at radius 2 is 0.886 bits per heavy atom. The van der Waals surface area contributed by atoms with E-state index in [4.69, 9.17) is 0 Å². The minimum atomic E-state index is 1.13. The Kier molecular flexibility index (Phi) is 5.54. The van der Waals surface area contributed by atoms with Crippen molar-refractivity contribution in [1.29, 1.82) is 0 Å². The Bertz CT molecular complexity index is 2310. The number of benzene rings is 7. The van der Waals surface area contributed by atoms with E-state index in [1.807, 2.05) is 0 Å². The molecule has 0 amide bonds. The molecule has 1 aliphatic rings. The minimum absolute atomic E-state index is 1.13. The van der Waals surface area contributed by atoms with Crippen LogP contribution in [0.15, 0.2) is 170 Å². The van der Waals surface area contributed by atoms with Crippen LogP contribution in [0.1, 0.15) is 0 Å². The summed E-state index contributed by atoms with van der Waals surface area (Å²) >= 11 is 0. The molecule has 0 radical (unpaired) electrons. The van der Waals surface area contributed by atoms with E-state index in [0.717, 1.165) is 11.5 Å². The van der Waals surface area contributed by atoms with Gasteiger partial charge in [-0.2, -0.15) is 0 Å². The molecule has 0 atom stereocenters. The fourth-order valence-electron chi connectivity index (χ4n) is 6.77. The molecule has 0 N–H and O–H groups in total. The summed E-state index contributed by atoms with van der Waals surface area (Å²) in [6.07, 6.45) is 0. The van der Waals surface area contributed by atoms with Gasteiger partial charge in [0.15, 0.2) is 0 Å². The van der Waals surface area contributed by atoms with Crippen molar-refractivity contribution >= 4 is 38.9 Å². The molecule has 44 heavy (non-hydrogen) atoms. The lowest BCUT2D eigenvalue weighted by molar-refractivity contribution is 1.09. The Hall–Kier alpha value is -5.86. The standard InChI is InChI=1S/C42H28N2/c1-2-10-29(11-3-1)30-18-20-31(21-19-30)32-22-24-36(25-23-32)43-40-17-9-7-15-37(40)38-26-33-12-4-5-13-34(33)27-41(38)44-39-16-8-6-14-35(39)28-42(43)44/h1-28H. The number of fused-ring (bicyclic) bond motifs is 8. The predicted molar refractivity (Wildman–Crippen MR) is 185 cm³/mol. The summed E-state index contributed by atoms with van der Waals surface area (Å²) in [6.45, 7) is 0. The Morgan fingerprint density at radius 3 is 1.61 bits per heavy atom. The number of aromatic nitrogens is 1. The van der Waals surface area contributed by atoms with Crippen LogP contribution in [0, 0.1) is 0 Å². The van der Waals surface area contributed by atoms with E-state index < -0.39 is 0 Å². The van der Waals surface area contributed by atoms with Crippen LogP contribution < -0.4 is 4.90 Å². The molecule has 0 bridgehead atoms. The van der Waals surface area contributed by atoms with Crippen molar-refractivity contribution in [3.05, 3.63) is 170 Å². The van der Waals surface area contributed by atoms with Gasteiger partial charge in [0, 0.05) is 22.2 Å². The number of hydrogen-bond donors (Lipinski definition) is 0. The number of para-hydroxylation sites is 2. The van der Waals surface area contributed by atoms with Gasteiger partial charge in [-0.1, -0.05) is 127 Å². The second-order valence-corrected chi connectivity index (χ2v) is 11.5. The van der Waals surface area contributed by atoms with E-state index in [-0.39, 0.29) is 0 Å². The van der Waals surface area contributed by atoms with Gasteiger partial charge in [-0.25, -0.2) is 0 Å². The first-order valence-corrected chi connectivity index (χ1v) is 15.1. The van der Waals surface area contributed by atoms with Gasteiger partial charge in [-0.3, -0.25) is 9.47 Å². The molecule has 9 rings (SSSR count). The summed E-state index contributed by atoms with van der Waals surface area (Å²) in [5.74, 6) is 1.13. The summed E-state index contributed by atoms with van der Waals surface area (Å²) in [5, 5.41) is 3.71. The molecule has 0 saturated carbocycles. The molecule has 2 nitrogen and oxygen atoms in total. The van der Waals surface area contributed by atoms with Crippen LogP contribution >= 0.6 is 0 Å². The summed E-state index contributed by atoms with van der Waals surface area (Å²) in [5.41, 5.74) is 12.0. The third-order valence-electron chi connectivity index (χ3n) is 8.91. The lowest BCUT2D eigenvalue weighted by Gasteiger charge is -2.26. The van der Waals surface area contributed by atoms with Gasteiger partial charge in [0.2, 0.25) is 0 Å². The quantitative estimate of drug-likeness (QED) is 0.209. The molecule has 0 unspecified atom stereocenters. The normalized spacial score (nSPS) is 12.0. The maximum atomic E-state index is 2.44. The first-order chi connectivity index (χ1) is 21.8. The molecule has 0 aliphatic carbocycles. The van der Waals surface area contributed by atoms with Crippen molar-refractivity contribution in [1.82, 2.24) is 4.57 Å². The van der Waals surface area contributed by atoms with Crippen LogP contribution in [0.25, 0.3) is 60.7 Å². The van der Waals surface area contributed by atoms with Gasteiger partial charge in [0.05, 0.1) is 16.9 Å². The lowest BCUT2D eigenvalue weighted by atomic mass is 9.97. The predicted octanol–water partition coefficient (Wildman–Crippen LogP) is 11.6. The molecular formula is C42H28N2. The molecule has 0 saturated heterocycles. The van der Waals surface area contributed by atoms with E-state index >= 15 is 0 Å². The fourth-order valence-corrected chi connectivity index (χ4v) is 6.77. The summed E-state index contributed by atoms with van der Waals surface area (Å²) in [4.78, 5) is 2.42. The highest BCUT2D eigenvalue weighted by molar-refractivity contribution is 6.02. The first kappa shape index (κ1) is 24.7. The van der Waals surface area contributed by atoms with Crippen LogP contribution in [-0.2, 0) is 0 Å². The summed E-state index contributed by atoms with van der Waals surface area (Å²) in [6, 6.07) is 61.6. The third kappa shape index (κ3) is 3.89. The first-order valence-electron chi connectivity index (χ1n) is 15.1. The Balaban J connectivity index is 1.22. The summed E-state index contributed by atoms with van der Waals surface area (Å²) < 4.78 is 2.44. The van der Waals surface area contributed by atoms with E-state index in [1.165, 1.54) is 66.4 Å². The maximum Gasteiger partial charge on any atom is 0.123 e. The van der Waals surface area contributed by atoms with Gasteiger partial charge in [-0.15, -0.1) is 0 Å². The molecule has 2 heterocycles. The second-order valence-electron chi connectivity index (χ2n) is 11.5. The smallest absolute Gasteiger partial charge is 0.123 e. The van der Waals surface area contributed by atoms with E-state index in [9.17, 15) is 0 Å². The highest BCUT2D eigenvalue weighted by Gasteiger charge is 2.28. The molecule has 7 aromatic carbocycles. The molecule has 8 aromatic rings. The van der Waals surface area contributed by atoms with Crippen molar-refractivity contribution in [2.45, 2.75) is 0 Å². The molecule has 0 fully saturated rings. The van der Waals surface area contributed by atoms with Crippen LogP contribution in [0.3, 0.4) is 0 Å². The van der Waals surface area contributed by atoms with Crippen LogP contribution in [-0.4, -0.2) is 4.57 Å². The third-order valence-corrected chi connectivity index (χ3v) is 8.91. The van der Waals surface area contributed by atoms with Crippen molar-refractivity contribution in [2.75, 3.05) is 4.90 Å². The SMILES string of the molecule is c1ccc(-c2ccc(-c3ccc(N4c5ccccc5-c5cc6ccccc6cc5-n5c4cc4ccccc45)cc3)cc2)cc1. The highest BCUT2D eigenvalue weighted by Crippen LogP contribution is 2.49. The Morgan fingerprint density at radius 1 is 0.341 bits per heavy atom. The number of hydrogen-bond acceptors (Lipinski definition) is 1. The zero-order valence-corrected chi connectivity index (χ0v) is 24.1. The van der Waals surface area contributed by atoms with Crippen molar-refractivity contribution in [3.8, 4) is 39.1 Å². The number of rotatable bonds is 3. The summed E-state index contributed by atoms with van der Waals surface area (Å²) in [7, 11) is 0. The van der Waals surface area contributed by atoms with Crippen molar-refractivity contribution in [3.63, 3.8) is 0 Å². The molecule has 2 heteroatoms. The van der Waals surface area contributed by atoms with Gasteiger partial charge in [0.1, 0.15) is 5.82 Å². The van der Waals surface area contributed by atoms with Crippen LogP contribution in [0.5, 0.6) is 0 Å². The molecule has 1 aromatic heterocycles. The second kappa shape index (κ2) is 9.86. The molecular weight excluding hydrogens is 532 g/mol. The van der Waals surface area contributed by atoms with E-state index in [0.29, 0.717) is 0 Å². The van der Waals surface area contributed by atoms with Crippen LogP contribution in [0.4, 0.5) is 17.2 Å². The van der Waals surface area contributed by atoms with Crippen molar-refractivity contribution < 1.29 is 0 Å². The fraction of sp³-hybridized carbons (Fsp3) is 0. The van der Waals surface area contributed by atoms with Crippen molar-refractivity contribution in [2.24, 2.45) is 0 Å². The zero-order valence-electron chi connectivity index (χ0n) is 24.1. The average molecular weight is 561 g/mol. The van der Waals surface area contributed by atoms with E-state index in [1.54, 1.807) is 0 Å². The highest BCUT2D eigenvalue weighted by atomic mass is 15.3. The molecule has 0 spiro atoms. The maximum absolute atomic E-state index is 2.44. The monoisotopic (exact) mass is 560 g/mol. The lowest BCUT2D eigenvalue weighted by Crippen LogP contribution is -2.12. The topological polar surface area (TPSA) is 8.17 Å². The molecule has 206 valence electrons. The van der Waals surface area contributed by atoms with Gasteiger partial charge in [-0.05, 0) is 75.5 Å². The van der Waals surface area contributed by atoms with E-state index in [2.05, 4.69) is 179 Å². The number of nitrogens with zero attached hydrogens (tertiary/aromatic N) is 2. The van der Waals surface area contributed by atoms with Gasteiger partial charge >= 0.3 is 0 Å². The average Bonchev–Trinajstić information content (AvgIpc) is 3.43. The largest absolute Gasteiger partial charge is 0.295 e.